The van der Waals surface area contributed by atoms with Gasteiger partial charge in [0.15, 0.2) is 0 Å². The molecule has 1 aliphatic heterocycles. The summed E-state index contributed by atoms with van der Waals surface area (Å²) in [6.07, 6.45) is -8.39. The predicted octanol–water partition coefficient (Wildman–Crippen LogP) is 8.36. The second-order valence-corrected chi connectivity index (χ2v) is 11.0. The predicted molar refractivity (Wildman–Crippen MR) is 151 cm³/mol. The number of aryl methyl sites for hydroxylation is 2. The van der Waals surface area contributed by atoms with Crippen LogP contribution in [0.3, 0.4) is 0 Å². The summed E-state index contributed by atoms with van der Waals surface area (Å²) >= 11 is 2.74. The molecule has 0 fully saturated rings. The highest BCUT2D eigenvalue weighted by atomic mass is 32.1. The first-order valence-corrected chi connectivity index (χ1v) is 13.5. The molecule has 2 aromatic carbocycles. The van der Waals surface area contributed by atoms with Crippen molar-refractivity contribution < 1.29 is 50.3 Å². The number of thiophene rings is 2. The Kier molecular flexibility index (Phi) is 13.9. The Morgan fingerprint density at radius 3 is 1.80 bits per heavy atom. The van der Waals surface area contributed by atoms with Gasteiger partial charge in [-0.3, -0.25) is 0 Å². The van der Waals surface area contributed by atoms with Crippen molar-refractivity contribution in [3.63, 3.8) is 0 Å². The molecule has 0 bridgehead atoms. The average Bonchev–Trinajstić information content (AvgIpc) is 3.66. The molecule has 0 radical (unpaired) electrons. The maximum atomic E-state index is 13.5. The number of azo groups is 1. The summed E-state index contributed by atoms with van der Waals surface area (Å²) < 4.78 is 79.5. The minimum absolute atomic E-state index is 0.105. The molecule has 44 heavy (non-hydrogen) atoms. The molecular formula is C28H22F6N4O4S2. The van der Waals surface area contributed by atoms with Crippen molar-refractivity contribution in [2.75, 3.05) is 6.54 Å². The molecule has 3 heterocycles. The van der Waals surface area contributed by atoms with E-state index in [9.17, 15) is 26.3 Å². The number of hydrogen-bond donors (Lipinski definition) is 0. The van der Waals surface area contributed by atoms with Crippen LogP contribution in [-0.2, 0) is 24.7 Å². The molecule has 4 aromatic rings. The SMILES string of the molecule is C=C(c1cccc2cc(C)sc12)C(F)(F)F.C=[N+]=[N-].Cc1cc2cccc(C3(C(F)(F)F)CCN=N3)c2s1.O=C=O.O=C=O. The van der Waals surface area contributed by atoms with Gasteiger partial charge in [0.1, 0.15) is 0 Å². The molecular weight excluding hydrogens is 634 g/mol. The minimum Gasteiger partial charge on any atom is -0.362 e. The van der Waals surface area contributed by atoms with E-state index in [1.807, 2.05) is 38.1 Å². The lowest BCUT2D eigenvalue weighted by atomic mass is 9.87. The van der Waals surface area contributed by atoms with Gasteiger partial charge in [-0.25, -0.2) is 0 Å². The van der Waals surface area contributed by atoms with Crippen molar-refractivity contribution in [3.8, 4) is 0 Å². The lowest BCUT2D eigenvalue weighted by molar-refractivity contribution is -0.193. The Labute approximate surface area is 254 Å². The Balaban J connectivity index is 0.000000351. The van der Waals surface area contributed by atoms with Crippen molar-refractivity contribution in [1.29, 1.82) is 0 Å². The number of benzene rings is 2. The van der Waals surface area contributed by atoms with Crippen LogP contribution in [0.5, 0.6) is 0 Å². The zero-order chi connectivity index (χ0) is 33.7. The second-order valence-electron chi connectivity index (χ2n) is 8.52. The summed E-state index contributed by atoms with van der Waals surface area (Å²) in [5, 5.41) is 8.85. The first-order chi connectivity index (χ1) is 20.6. The van der Waals surface area contributed by atoms with Gasteiger partial charge in [0, 0.05) is 36.7 Å². The zero-order valence-corrected chi connectivity index (χ0v) is 24.6. The number of halogens is 6. The van der Waals surface area contributed by atoms with Crippen molar-refractivity contribution in [3.05, 3.63) is 81.5 Å². The molecule has 1 unspecified atom stereocenters. The molecule has 0 amide bonds. The van der Waals surface area contributed by atoms with Crippen molar-refractivity contribution in [2.45, 2.75) is 38.2 Å². The maximum absolute atomic E-state index is 13.5. The Bertz CT molecular complexity index is 1700. The fraction of sp³-hybridized carbons (Fsp3) is 0.250. The first kappa shape index (κ1) is 37.4. The highest BCUT2D eigenvalue weighted by molar-refractivity contribution is 7.19. The number of rotatable bonds is 2. The van der Waals surface area contributed by atoms with Gasteiger partial charge in [0.2, 0.25) is 12.3 Å². The molecule has 0 saturated carbocycles. The van der Waals surface area contributed by atoms with Gasteiger partial charge in [0.05, 0.1) is 12.1 Å². The highest BCUT2D eigenvalue weighted by Gasteiger charge is 2.59. The number of nitrogens with zero attached hydrogens (tertiary/aromatic N) is 4. The van der Waals surface area contributed by atoms with E-state index >= 15 is 0 Å². The zero-order valence-electron chi connectivity index (χ0n) is 23.0. The van der Waals surface area contributed by atoms with Crippen molar-refractivity contribution >= 4 is 67.4 Å². The molecule has 1 aliphatic rings. The summed E-state index contributed by atoms with van der Waals surface area (Å²) in [4.78, 5) is 36.7. The second kappa shape index (κ2) is 16.3. The normalized spacial score (nSPS) is 15.0. The molecule has 232 valence electrons. The van der Waals surface area contributed by atoms with Gasteiger partial charge in [-0.1, -0.05) is 43.0 Å². The molecule has 2 aromatic heterocycles. The quantitative estimate of drug-likeness (QED) is 0.0929. The van der Waals surface area contributed by atoms with Gasteiger partial charge in [-0.2, -0.15) is 60.5 Å². The fourth-order valence-electron chi connectivity index (χ4n) is 4.07. The minimum atomic E-state index is -4.42. The highest BCUT2D eigenvalue weighted by Crippen LogP contribution is 2.50. The van der Waals surface area contributed by atoms with Gasteiger partial charge >= 0.3 is 24.7 Å². The van der Waals surface area contributed by atoms with Crippen LogP contribution in [0.4, 0.5) is 26.3 Å². The van der Waals surface area contributed by atoms with Gasteiger partial charge in [-0.05, 0) is 36.8 Å². The summed E-state index contributed by atoms with van der Waals surface area (Å²) in [5.74, 6) is 0. The fourth-order valence-corrected chi connectivity index (χ4v) is 6.23. The van der Waals surface area contributed by atoms with E-state index in [0.29, 0.717) is 9.40 Å². The van der Waals surface area contributed by atoms with E-state index in [1.54, 1.807) is 12.1 Å². The molecule has 1 atom stereocenters. The van der Waals surface area contributed by atoms with E-state index in [4.69, 9.17) is 24.7 Å². The Hall–Kier alpha value is -4.58. The molecule has 0 spiro atoms. The molecule has 0 aliphatic carbocycles. The Morgan fingerprint density at radius 2 is 1.36 bits per heavy atom. The van der Waals surface area contributed by atoms with Gasteiger partial charge in [-0.15, -0.1) is 22.7 Å². The van der Waals surface area contributed by atoms with Gasteiger partial charge < -0.3 is 5.53 Å². The number of hydrogen-bond acceptors (Lipinski definition) is 8. The van der Waals surface area contributed by atoms with E-state index in [-0.39, 0.29) is 36.4 Å². The third-order valence-electron chi connectivity index (χ3n) is 5.73. The third kappa shape index (κ3) is 9.21. The van der Waals surface area contributed by atoms with Crippen molar-refractivity contribution in [2.24, 2.45) is 10.2 Å². The number of allylic oxidation sites excluding steroid dienone is 1. The van der Waals surface area contributed by atoms with E-state index in [1.165, 1.54) is 34.8 Å². The first-order valence-electron chi connectivity index (χ1n) is 11.9. The number of alkyl halides is 6. The molecule has 0 saturated heterocycles. The standard InChI is InChI=1S/C13H11F3N2S.C12H9F3S.CH2N2.2CO2/c1-8-7-9-3-2-4-10(11(9)19-8)12(13(14,15)16)5-6-17-18-12;1-7-6-9-4-3-5-10(11(9)16-7)8(2)12(13,14)15;1-3-2;2*2-1-3/h2-4,7H,5-6H2,1H3;3-6H,2H2,1H3;1H2;;. The van der Waals surface area contributed by atoms with Gasteiger partial charge in [0.25, 0.3) is 0 Å². The van der Waals surface area contributed by atoms with Crippen LogP contribution in [0.2, 0.25) is 0 Å². The van der Waals surface area contributed by atoms with E-state index < -0.39 is 23.5 Å². The van der Waals surface area contributed by atoms with E-state index in [0.717, 1.165) is 20.5 Å². The summed E-state index contributed by atoms with van der Waals surface area (Å²) in [6.45, 7) is 9.70. The summed E-state index contributed by atoms with van der Waals surface area (Å²) in [6, 6.07) is 13.7. The molecule has 5 rings (SSSR count). The topological polar surface area (TPSA) is 129 Å². The summed E-state index contributed by atoms with van der Waals surface area (Å²) in [7, 11) is 0. The number of carbonyl (C=O) groups excluding carboxylic acids is 4. The molecule has 0 N–H and O–H groups in total. The Morgan fingerprint density at radius 1 is 0.909 bits per heavy atom. The van der Waals surface area contributed by atoms with Crippen LogP contribution in [0.25, 0.3) is 31.3 Å². The smallest absolute Gasteiger partial charge is 0.362 e. The van der Waals surface area contributed by atoms with Crippen LogP contribution in [-0.4, -0.2) is 42.7 Å². The van der Waals surface area contributed by atoms with Crippen LogP contribution >= 0.6 is 22.7 Å². The lowest BCUT2D eigenvalue weighted by Crippen LogP contribution is -2.39. The largest absolute Gasteiger partial charge is 0.419 e. The summed E-state index contributed by atoms with van der Waals surface area (Å²) in [5.41, 5.74) is 4.56. The van der Waals surface area contributed by atoms with Crippen molar-refractivity contribution in [1.82, 2.24) is 0 Å². The third-order valence-corrected chi connectivity index (χ3v) is 7.93. The number of fused-ring (bicyclic) bond motifs is 2. The van der Waals surface area contributed by atoms with E-state index in [2.05, 4.69) is 28.3 Å². The lowest BCUT2D eigenvalue weighted by Gasteiger charge is -2.28. The maximum Gasteiger partial charge on any atom is 0.419 e. The molecule has 8 nitrogen and oxygen atoms in total. The van der Waals surface area contributed by atoms with Crippen LogP contribution in [0.15, 0.2) is 65.3 Å². The molecule has 16 heteroatoms. The van der Waals surface area contributed by atoms with Crippen LogP contribution in [0, 0.1) is 13.8 Å². The van der Waals surface area contributed by atoms with Crippen LogP contribution < -0.4 is 0 Å². The monoisotopic (exact) mass is 656 g/mol. The average molecular weight is 657 g/mol. The van der Waals surface area contributed by atoms with Crippen LogP contribution in [0.1, 0.15) is 27.3 Å².